The molecule has 0 aromatic rings. The molecule has 0 N–H and O–H groups in total. The van der Waals surface area contributed by atoms with E-state index >= 15 is 0 Å². The third kappa shape index (κ3) is 31.2. The van der Waals surface area contributed by atoms with Gasteiger partial charge in [-0.05, 0) is 12.8 Å². The first kappa shape index (κ1) is 41.7. The Bertz CT molecular complexity index is 617. The van der Waals surface area contributed by atoms with Crippen molar-refractivity contribution in [3.8, 4) is 0 Å². The zero-order valence-electron chi connectivity index (χ0n) is 29.2. The van der Waals surface area contributed by atoms with Crippen molar-refractivity contribution in [2.75, 3.05) is 27.7 Å². The van der Waals surface area contributed by atoms with Crippen molar-refractivity contribution in [1.29, 1.82) is 0 Å². The fourth-order valence-corrected chi connectivity index (χ4v) is 6.31. The van der Waals surface area contributed by atoms with Gasteiger partial charge in [-0.25, -0.2) is 0 Å². The molecule has 0 radical (unpaired) electrons. The van der Waals surface area contributed by atoms with Crippen LogP contribution in [0, 0.1) is 0 Å². The summed E-state index contributed by atoms with van der Waals surface area (Å²) in [6.45, 7) is 5.17. The van der Waals surface area contributed by atoms with E-state index in [1.54, 1.807) is 0 Å². The fourth-order valence-electron chi connectivity index (χ4n) is 5.63. The summed E-state index contributed by atoms with van der Waals surface area (Å²) in [5.41, 5.74) is 0.124. The van der Waals surface area contributed by atoms with E-state index in [0.29, 0.717) is 32.3 Å². The predicted molar refractivity (Wildman–Crippen MR) is 185 cm³/mol. The van der Waals surface area contributed by atoms with Gasteiger partial charge in [0.1, 0.15) is 6.54 Å². The average Bonchev–Trinajstić information content (AvgIpc) is 2.95. The summed E-state index contributed by atoms with van der Waals surface area (Å²) in [6.07, 6.45) is 34.7. The Hall–Kier alpha value is -0.280. The number of hydrogen-bond donors (Lipinski definition) is 0. The number of likely N-dealkylation sites (N-methyl/N-ethyl adjacent to an activating group) is 1. The van der Waals surface area contributed by atoms with E-state index in [1.807, 2.05) is 0 Å². The molecule has 4 nitrogen and oxygen atoms in total. The second kappa shape index (κ2) is 30.7. The van der Waals surface area contributed by atoms with Gasteiger partial charge in [0.05, 0.1) is 21.1 Å². The molecule has 0 spiro atoms. The molecule has 0 heterocycles. The Labute approximate surface area is 265 Å². The third-order valence-electron chi connectivity index (χ3n) is 8.38. The lowest BCUT2D eigenvalue weighted by atomic mass is 10.0. The van der Waals surface area contributed by atoms with E-state index in [4.69, 9.17) is 4.52 Å². The zero-order valence-corrected chi connectivity index (χ0v) is 30.1. The normalized spacial score (nSPS) is 13.1. The van der Waals surface area contributed by atoms with E-state index in [0.717, 1.165) is 25.7 Å². The molecule has 0 aliphatic carbocycles. The molecule has 0 rings (SSSR count). The molecule has 5 heteroatoms. The van der Waals surface area contributed by atoms with Crippen molar-refractivity contribution < 1.29 is 18.9 Å². The van der Waals surface area contributed by atoms with Crippen LogP contribution < -0.4 is 5.11 Å². The van der Waals surface area contributed by atoms with E-state index < -0.39 is 6.10 Å². The molecule has 1 atom stereocenters. The summed E-state index contributed by atoms with van der Waals surface area (Å²) in [7, 11) is 6.62. The highest BCUT2D eigenvalue weighted by atomic mass is 31.1. The number of carbonyl (C=O) groups is 1. The summed E-state index contributed by atoms with van der Waals surface area (Å²) in [4.78, 5) is 13.0. The molecule has 1 unspecified atom stereocenters. The second-order valence-electron chi connectivity index (χ2n) is 14.0. The number of unbranched alkanes of at least 4 members (excludes halogenated alkanes) is 24. The predicted octanol–water partition coefficient (Wildman–Crippen LogP) is 11.0. The van der Waals surface area contributed by atoms with E-state index in [9.17, 15) is 9.90 Å². The van der Waals surface area contributed by atoms with Gasteiger partial charge in [0.25, 0.3) is 0 Å². The lowest BCUT2D eigenvalue weighted by molar-refractivity contribution is -0.872. The van der Waals surface area contributed by atoms with E-state index in [-0.39, 0.29) is 11.3 Å². The highest BCUT2D eigenvalue weighted by Gasteiger charge is 2.25. The summed E-state index contributed by atoms with van der Waals surface area (Å²) in [5, 5.41) is 12.5. The molecular weight excluding hydrogens is 537 g/mol. The largest absolute Gasteiger partial charge is 0.826 e. The van der Waals surface area contributed by atoms with Crippen molar-refractivity contribution in [3.63, 3.8) is 0 Å². The smallest absolute Gasteiger partial charge is 0.175 e. The Balaban J connectivity index is 3.95. The van der Waals surface area contributed by atoms with Gasteiger partial charge in [-0.15, -0.1) is 5.48 Å². The van der Waals surface area contributed by atoms with Crippen molar-refractivity contribution in [2.45, 2.75) is 200 Å². The van der Waals surface area contributed by atoms with Crippen molar-refractivity contribution in [1.82, 2.24) is 0 Å². The van der Waals surface area contributed by atoms with Gasteiger partial charge >= 0.3 is 0 Å². The Morgan fingerprint density at radius 1 is 0.548 bits per heavy atom. The van der Waals surface area contributed by atoms with Crippen LogP contribution in [0.25, 0.3) is 0 Å². The van der Waals surface area contributed by atoms with Gasteiger partial charge in [0.15, 0.2) is 11.9 Å². The van der Waals surface area contributed by atoms with Gasteiger partial charge in [0, 0.05) is 14.9 Å². The maximum absolute atomic E-state index is 13.0. The summed E-state index contributed by atoms with van der Waals surface area (Å²) in [5.74, 6) is 0.172. The van der Waals surface area contributed by atoms with Crippen LogP contribution in [-0.4, -0.2) is 49.5 Å². The molecule has 250 valence electrons. The molecule has 0 bridgehead atoms. The molecule has 0 saturated heterocycles. The quantitative estimate of drug-likeness (QED) is 0.0421. The minimum Gasteiger partial charge on any atom is -0.826 e. The Morgan fingerprint density at radius 2 is 0.857 bits per heavy atom. The van der Waals surface area contributed by atoms with Crippen LogP contribution in [0.15, 0.2) is 0 Å². The molecule has 0 fully saturated rings. The summed E-state index contributed by atoms with van der Waals surface area (Å²) < 4.78 is 6.59. The number of rotatable bonds is 33. The molecule has 0 aliphatic rings. The van der Waals surface area contributed by atoms with Crippen molar-refractivity contribution in [3.05, 3.63) is 0 Å². The molecule has 0 aromatic heterocycles. The maximum atomic E-state index is 13.0. The first-order chi connectivity index (χ1) is 20.3. The SMILES string of the molecule is CCCCCCCCCCCCCCCCCC([O-])=POC(C[N+](C)(C)C)C(=O)CCCCCCCCCCCCC. The summed E-state index contributed by atoms with van der Waals surface area (Å²) in [6, 6.07) is 0. The van der Waals surface area contributed by atoms with Crippen LogP contribution in [0.1, 0.15) is 194 Å². The number of nitrogens with zero attached hydrogens (tertiary/aromatic N) is 1. The van der Waals surface area contributed by atoms with Crippen LogP contribution in [0.2, 0.25) is 0 Å². The second-order valence-corrected chi connectivity index (χ2v) is 14.9. The van der Waals surface area contributed by atoms with Crippen LogP contribution in [0.4, 0.5) is 0 Å². The third-order valence-corrected chi connectivity index (χ3v) is 9.16. The molecule has 0 aromatic carbocycles. The maximum Gasteiger partial charge on any atom is 0.175 e. The van der Waals surface area contributed by atoms with Crippen LogP contribution in [-0.2, 0) is 9.32 Å². The average molecular weight is 612 g/mol. The Morgan fingerprint density at radius 3 is 1.19 bits per heavy atom. The lowest BCUT2D eigenvalue weighted by Crippen LogP contribution is -2.44. The fraction of sp³-hybridized carbons (Fsp3) is 0.946. The summed E-state index contributed by atoms with van der Waals surface area (Å²) >= 11 is 0. The number of Topliss-reactive ketones (excluding diaryl/α,β-unsaturated/α-hetero) is 1. The van der Waals surface area contributed by atoms with E-state index in [1.165, 1.54) is 141 Å². The van der Waals surface area contributed by atoms with Gasteiger partial charge < -0.3 is 14.1 Å². The zero-order chi connectivity index (χ0) is 31.2. The number of ketones is 1. The first-order valence-electron chi connectivity index (χ1n) is 18.5. The molecule has 0 saturated carbocycles. The van der Waals surface area contributed by atoms with Gasteiger partial charge in [-0.3, -0.25) is 4.79 Å². The minimum atomic E-state index is -0.472. The topological polar surface area (TPSA) is 49.4 Å². The standard InChI is InChI=1S/C37H74NO3P/c1-6-8-10-12-14-16-18-19-20-21-23-25-27-29-31-33-37(40)42-41-36(34-38(3,4)5)35(39)32-30-28-26-24-22-17-15-13-11-9-7-2/h36H,6-34H2,1-5H3. The minimum absolute atomic E-state index is 0.124. The van der Waals surface area contributed by atoms with Gasteiger partial charge in [0.2, 0.25) is 0 Å². The van der Waals surface area contributed by atoms with Crippen molar-refractivity contribution >= 4 is 19.7 Å². The molecule has 42 heavy (non-hydrogen) atoms. The van der Waals surface area contributed by atoms with Crippen LogP contribution in [0.5, 0.6) is 0 Å². The lowest BCUT2D eigenvalue weighted by Gasteiger charge is -2.28. The van der Waals surface area contributed by atoms with Crippen LogP contribution in [0.3, 0.4) is 0 Å². The van der Waals surface area contributed by atoms with E-state index in [2.05, 4.69) is 35.0 Å². The molecule has 0 aliphatic heterocycles. The highest BCUT2D eigenvalue weighted by molar-refractivity contribution is 7.34. The van der Waals surface area contributed by atoms with Crippen molar-refractivity contribution in [2.24, 2.45) is 0 Å². The number of quaternary nitrogens is 1. The van der Waals surface area contributed by atoms with Crippen LogP contribution >= 0.6 is 8.43 Å². The number of carbonyl (C=O) groups excluding carboxylic acids is 1. The Kier molecular flexibility index (Phi) is 30.5. The highest BCUT2D eigenvalue weighted by Crippen LogP contribution is 2.18. The van der Waals surface area contributed by atoms with Gasteiger partial charge in [-0.1, -0.05) is 174 Å². The monoisotopic (exact) mass is 612 g/mol. The van der Waals surface area contributed by atoms with Gasteiger partial charge in [-0.2, -0.15) is 0 Å². The number of hydrogen-bond acceptors (Lipinski definition) is 3. The first-order valence-corrected chi connectivity index (χ1v) is 19.3. The molecule has 0 amide bonds. The molecular formula is C37H74NO3P.